The molecule has 1 aliphatic rings. The molecule has 2 heterocycles. The summed E-state index contributed by atoms with van der Waals surface area (Å²) in [5.74, 6) is -0.378. The van der Waals surface area contributed by atoms with Crippen molar-refractivity contribution in [3.05, 3.63) is 64.9 Å². The molecule has 0 saturated carbocycles. The van der Waals surface area contributed by atoms with Crippen molar-refractivity contribution in [3.8, 4) is 0 Å². The van der Waals surface area contributed by atoms with Crippen LogP contribution in [0.15, 0.2) is 53.9 Å². The van der Waals surface area contributed by atoms with Gasteiger partial charge in [0.1, 0.15) is 0 Å². The van der Waals surface area contributed by atoms with Crippen LogP contribution in [-0.4, -0.2) is 26.7 Å². The molecule has 0 fully saturated rings. The van der Waals surface area contributed by atoms with Gasteiger partial charge < -0.3 is 5.11 Å². The SMILES string of the molecule is CC1=NN(C(=O)c2ccncc2)C(O)(c2ccc(Cl)cc2)C1. The number of rotatable bonds is 2. The Bertz CT molecular complexity index is 731. The molecule has 3 rings (SSSR count). The molecule has 1 aromatic carbocycles. The first kappa shape index (κ1) is 14.7. The van der Waals surface area contributed by atoms with E-state index in [-0.39, 0.29) is 12.3 Å². The first-order valence-electron chi connectivity index (χ1n) is 6.78. The summed E-state index contributed by atoms with van der Waals surface area (Å²) in [6.07, 6.45) is 3.31. The molecule has 1 unspecified atom stereocenters. The lowest BCUT2D eigenvalue weighted by Gasteiger charge is -2.31. The molecule has 0 bridgehead atoms. The Labute approximate surface area is 132 Å². The van der Waals surface area contributed by atoms with E-state index in [1.54, 1.807) is 43.3 Å². The van der Waals surface area contributed by atoms with Crippen LogP contribution < -0.4 is 0 Å². The van der Waals surface area contributed by atoms with Crippen LogP contribution in [-0.2, 0) is 5.72 Å². The number of carbonyl (C=O) groups is 1. The van der Waals surface area contributed by atoms with Gasteiger partial charge in [-0.25, -0.2) is 0 Å². The number of carbonyl (C=O) groups excluding carboxylic acids is 1. The van der Waals surface area contributed by atoms with E-state index in [2.05, 4.69) is 10.1 Å². The minimum Gasteiger partial charge on any atom is -0.365 e. The second kappa shape index (κ2) is 5.51. The predicted octanol–water partition coefficient (Wildman–Crippen LogP) is 2.80. The highest BCUT2D eigenvalue weighted by atomic mass is 35.5. The van der Waals surface area contributed by atoms with Gasteiger partial charge in [-0.3, -0.25) is 9.78 Å². The van der Waals surface area contributed by atoms with Crippen LogP contribution >= 0.6 is 11.6 Å². The summed E-state index contributed by atoms with van der Waals surface area (Å²) >= 11 is 5.89. The van der Waals surface area contributed by atoms with Crippen molar-refractivity contribution in [1.29, 1.82) is 0 Å². The molecular weight excluding hydrogens is 302 g/mol. The number of hydrazone groups is 1. The third-order valence-corrected chi connectivity index (χ3v) is 3.80. The first-order valence-corrected chi connectivity index (χ1v) is 7.15. The van der Waals surface area contributed by atoms with Crippen molar-refractivity contribution in [1.82, 2.24) is 9.99 Å². The molecule has 1 aliphatic heterocycles. The lowest BCUT2D eigenvalue weighted by Crippen LogP contribution is -2.43. The standard InChI is InChI=1S/C16H14ClN3O2/c1-11-10-16(22,13-2-4-14(17)5-3-13)20(19-11)15(21)12-6-8-18-9-7-12/h2-9,22H,10H2,1H3. The van der Waals surface area contributed by atoms with E-state index in [0.717, 1.165) is 5.01 Å². The van der Waals surface area contributed by atoms with Gasteiger partial charge in [0.2, 0.25) is 0 Å². The van der Waals surface area contributed by atoms with Gasteiger partial charge >= 0.3 is 0 Å². The molecule has 6 heteroatoms. The molecule has 0 spiro atoms. The Balaban J connectivity index is 2.01. The molecule has 112 valence electrons. The zero-order chi connectivity index (χ0) is 15.7. The Morgan fingerprint density at radius 1 is 1.23 bits per heavy atom. The van der Waals surface area contributed by atoms with Gasteiger partial charge in [-0.15, -0.1) is 0 Å². The molecule has 0 aliphatic carbocycles. The van der Waals surface area contributed by atoms with Crippen molar-refractivity contribution in [2.45, 2.75) is 19.1 Å². The Morgan fingerprint density at radius 3 is 2.50 bits per heavy atom. The van der Waals surface area contributed by atoms with E-state index in [1.807, 2.05) is 0 Å². The molecule has 1 amide bonds. The number of hydrogen-bond donors (Lipinski definition) is 1. The summed E-state index contributed by atoms with van der Waals surface area (Å²) in [4.78, 5) is 16.5. The maximum atomic E-state index is 12.7. The molecule has 0 saturated heterocycles. The van der Waals surface area contributed by atoms with Gasteiger partial charge in [-0.2, -0.15) is 10.1 Å². The zero-order valence-electron chi connectivity index (χ0n) is 11.9. The largest absolute Gasteiger partial charge is 0.365 e. The van der Waals surface area contributed by atoms with Crippen LogP contribution in [0.5, 0.6) is 0 Å². The molecule has 5 nitrogen and oxygen atoms in total. The summed E-state index contributed by atoms with van der Waals surface area (Å²) in [5, 5.41) is 17.0. The van der Waals surface area contributed by atoms with Gasteiger partial charge in [-0.05, 0) is 31.2 Å². The summed E-state index contributed by atoms with van der Waals surface area (Å²) in [6, 6.07) is 9.93. The fraction of sp³-hybridized carbons (Fsp3) is 0.188. The van der Waals surface area contributed by atoms with E-state index in [0.29, 0.717) is 21.9 Å². The van der Waals surface area contributed by atoms with Crippen LogP contribution in [0, 0.1) is 0 Å². The second-order valence-corrected chi connectivity index (χ2v) is 5.62. The number of aromatic nitrogens is 1. The molecule has 1 atom stereocenters. The molecule has 0 radical (unpaired) electrons. The van der Waals surface area contributed by atoms with E-state index >= 15 is 0 Å². The molecular formula is C16H14ClN3O2. The van der Waals surface area contributed by atoms with Crippen LogP contribution in [0.2, 0.25) is 5.02 Å². The smallest absolute Gasteiger partial charge is 0.277 e. The average molecular weight is 316 g/mol. The minimum atomic E-state index is -1.50. The van der Waals surface area contributed by atoms with Gasteiger partial charge in [0, 0.05) is 40.7 Å². The number of halogens is 1. The third kappa shape index (κ3) is 2.49. The van der Waals surface area contributed by atoms with Gasteiger partial charge in [0.05, 0.1) is 0 Å². The van der Waals surface area contributed by atoms with Gasteiger partial charge in [0.15, 0.2) is 5.72 Å². The van der Waals surface area contributed by atoms with Crippen molar-refractivity contribution in [2.24, 2.45) is 5.10 Å². The third-order valence-electron chi connectivity index (χ3n) is 3.55. The van der Waals surface area contributed by atoms with Gasteiger partial charge in [0.25, 0.3) is 5.91 Å². The zero-order valence-corrected chi connectivity index (χ0v) is 12.7. The lowest BCUT2D eigenvalue weighted by molar-refractivity contribution is -0.0765. The number of hydrogen-bond acceptors (Lipinski definition) is 4. The maximum absolute atomic E-state index is 12.7. The van der Waals surface area contributed by atoms with Crippen molar-refractivity contribution in [3.63, 3.8) is 0 Å². The lowest BCUT2D eigenvalue weighted by atomic mass is 9.97. The topological polar surface area (TPSA) is 65.8 Å². The monoisotopic (exact) mass is 315 g/mol. The number of pyridine rings is 1. The predicted molar refractivity (Wildman–Crippen MR) is 83.5 cm³/mol. The number of amides is 1. The highest BCUT2D eigenvalue weighted by Gasteiger charge is 2.45. The number of nitrogens with zero attached hydrogens (tertiary/aromatic N) is 3. The van der Waals surface area contributed by atoms with E-state index in [1.165, 1.54) is 12.4 Å². The molecule has 2 aromatic rings. The van der Waals surface area contributed by atoms with Crippen LogP contribution in [0.4, 0.5) is 0 Å². The fourth-order valence-electron chi connectivity index (χ4n) is 2.49. The average Bonchev–Trinajstić information content (AvgIpc) is 2.84. The summed E-state index contributed by atoms with van der Waals surface area (Å²) < 4.78 is 0. The first-order chi connectivity index (χ1) is 10.5. The van der Waals surface area contributed by atoms with E-state index in [9.17, 15) is 9.90 Å². The Hall–Kier alpha value is -2.24. The van der Waals surface area contributed by atoms with Crippen LogP contribution in [0.1, 0.15) is 29.3 Å². The summed E-state index contributed by atoms with van der Waals surface area (Å²) in [6.45, 7) is 1.78. The normalized spacial score (nSPS) is 20.9. The Morgan fingerprint density at radius 2 is 1.86 bits per heavy atom. The van der Waals surface area contributed by atoms with Crippen molar-refractivity contribution >= 4 is 23.2 Å². The van der Waals surface area contributed by atoms with E-state index < -0.39 is 5.72 Å². The highest BCUT2D eigenvalue weighted by molar-refractivity contribution is 6.30. The summed E-state index contributed by atoms with van der Waals surface area (Å²) in [7, 11) is 0. The fourth-order valence-corrected chi connectivity index (χ4v) is 2.62. The van der Waals surface area contributed by atoms with E-state index in [4.69, 9.17) is 11.6 Å². The van der Waals surface area contributed by atoms with Crippen LogP contribution in [0.3, 0.4) is 0 Å². The quantitative estimate of drug-likeness (QED) is 0.926. The molecule has 22 heavy (non-hydrogen) atoms. The van der Waals surface area contributed by atoms with Crippen molar-refractivity contribution < 1.29 is 9.90 Å². The second-order valence-electron chi connectivity index (χ2n) is 5.19. The molecule has 1 aromatic heterocycles. The minimum absolute atomic E-state index is 0.255. The number of aliphatic hydroxyl groups is 1. The van der Waals surface area contributed by atoms with Crippen LogP contribution in [0.25, 0.3) is 0 Å². The summed E-state index contributed by atoms with van der Waals surface area (Å²) in [5.41, 5.74) is 0.162. The Kier molecular flexibility index (Phi) is 3.68. The molecule has 1 N–H and O–H groups in total. The maximum Gasteiger partial charge on any atom is 0.277 e. The highest BCUT2D eigenvalue weighted by Crippen LogP contribution is 2.36. The number of benzene rings is 1. The van der Waals surface area contributed by atoms with Crippen molar-refractivity contribution in [2.75, 3.05) is 0 Å². The van der Waals surface area contributed by atoms with Gasteiger partial charge in [-0.1, -0.05) is 23.7 Å².